The van der Waals surface area contributed by atoms with Crippen LogP contribution in [0.1, 0.15) is 23.6 Å². The molecule has 3 N–H and O–H groups in total. The maximum absolute atomic E-state index is 5.83. The molecule has 0 spiro atoms. The summed E-state index contributed by atoms with van der Waals surface area (Å²) in [6, 6.07) is 6.38. The second-order valence-corrected chi connectivity index (χ2v) is 4.29. The van der Waals surface area contributed by atoms with E-state index in [0.717, 1.165) is 29.8 Å². The molecule has 1 aliphatic heterocycles. The van der Waals surface area contributed by atoms with Gasteiger partial charge in [0.05, 0.1) is 18.9 Å². The van der Waals surface area contributed by atoms with E-state index in [1.807, 2.05) is 0 Å². The van der Waals surface area contributed by atoms with Crippen molar-refractivity contribution in [2.75, 3.05) is 5.73 Å². The molecule has 3 rings (SSSR count). The number of nitrogens with two attached hydrogens (primary N) is 1. The van der Waals surface area contributed by atoms with Gasteiger partial charge in [-0.15, -0.1) is 0 Å². The molecule has 4 heteroatoms. The van der Waals surface area contributed by atoms with Crippen LogP contribution in [0.4, 0.5) is 5.82 Å². The lowest BCUT2D eigenvalue weighted by atomic mass is 10.0. The summed E-state index contributed by atoms with van der Waals surface area (Å²) in [4.78, 5) is 0. The van der Waals surface area contributed by atoms with Crippen molar-refractivity contribution in [3.05, 3.63) is 34.9 Å². The summed E-state index contributed by atoms with van der Waals surface area (Å²) < 4.78 is 5.42. The number of nitrogens with zero attached hydrogens (tertiary/aromatic N) is 1. The first kappa shape index (κ1) is 10.4. The van der Waals surface area contributed by atoms with Crippen molar-refractivity contribution in [3.63, 3.8) is 0 Å². The first-order valence-corrected chi connectivity index (χ1v) is 5.82. The SMILES string of the molecule is CCc1c(N)n[nH]c1-c1ccc2c(c1)COC2. The van der Waals surface area contributed by atoms with Gasteiger partial charge >= 0.3 is 0 Å². The molecular formula is C13H15N3O. The third kappa shape index (κ3) is 1.61. The number of hydrogen-bond acceptors (Lipinski definition) is 3. The summed E-state index contributed by atoms with van der Waals surface area (Å²) in [5, 5.41) is 7.10. The van der Waals surface area contributed by atoms with Gasteiger partial charge in [-0.1, -0.05) is 19.1 Å². The number of nitrogens with one attached hydrogen (secondary N) is 1. The lowest BCUT2D eigenvalue weighted by molar-refractivity contribution is 0.134. The van der Waals surface area contributed by atoms with Crippen LogP contribution in [0.25, 0.3) is 11.3 Å². The van der Waals surface area contributed by atoms with Crippen molar-refractivity contribution < 1.29 is 4.74 Å². The molecule has 0 bridgehead atoms. The van der Waals surface area contributed by atoms with Gasteiger partial charge in [0.25, 0.3) is 0 Å². The number of anilines is 1. The van der Waals surface area contributed by atoms with Crippen LogP contribution in [0.5, 0.6) is 0 Å². The Labute approximate surface area is 99.8 Å². The van der Waals surface area contributed by atoms with E-state index in [2.05, 4.69) is 35.3 Å². The molecule has 2 heterocycles. The minimum absolute atomic E-state index is 0.597. The fraction of sp³-hybridized carbons (Fsp3) is 0.308. The monoisotopic (exact) mass is 229 g/mol. The molecule has 0 fully saturated rings. The standard InChI is InChI=1S/C13H15N3O/c1-2-11-12(15-16-13(11)14)8-3-4-9-6-17-7-10(9)5-8/h3-5H,2,6-7H2,1H3,(H3,14,15,16). The third-order valence-electron chi connectivity index (χ3n) is 3.26. The smallest absolute Gasteiger partial charge is 0.149 e. The number of fused-ring (bicyclic) bond motifs is 1. The normalized spacial score (nSPS) is 13.9. The van der Waals surface area contributed by atoms with Gasteiger partial charge in [-0.2, -0.15) is 5.10 Å². The number of aromatic nitrogens is 2. The van der Waals surface area contributed by atoms with E-state index in [1.54, 1.807) is 0 Å². The largest absolute Gasteiger partial charge is 0.382 e. The van der Waals surface area contributed by atoms with Crippen LogP contribution < -0.4 is 5.73 Å². The van der Waals surface area contributed by atoms with E-state index in [4.69, 9.17) is 10.5 Å². The van der Waals surface area contributed by atoms with Crippen LogP contribution >= 0.6 is 0 Å². The number of rotatable bonds is 2. The number of hydrogen-bond donors (Lipinski definition) is 2. The minimum Gasteiger partial charge on any atom is -0.382 e. The molecule has 0 unspecified atom stereocenters. The molecule has 0 saturated heterocycles. The average molecular weight is 229 g/mol. The Morgan fingerprint density at radius 2 is 2.18 bits per heavy atom. The molecule has 4 nitrogen and oxygen atoms in total. The molecule has 0 saturated carbocycles. The van der Waals surface area contributed by atoms with E-state index >= 15 is 0 Å². The van der Waals surface area contributed by atoms with E-state index < -0.39 is 0 Å². The van der Waals surface area contributed by atoms with Crippen LogP contribution in [0.2, 0.25) is 0 Å². The van der Waals surface area contributed by atoms with Gasteiger partial charge in [0.1, 0.15) is 5.82 Å². The molecule has 0 atom stereocenters. The van der Waals surface area contributed by atoms with Gasteiger partial charge in [0.2, 0.25) is 0 Å². The van der Waals surface area contributed by atoms with Crippen LogP contribution in [-0.4, -0.2) is 10.2 Å². The van der Waals surface area contributed by atoms with Crippen LogP contribution in [0.3, 0.4) is 0 Å². The van der Waals surface area contributed by atoms with Crippen LogP contribution in [-0.2, 0) is 24.4 Å². The van der Waals surface area contributed by atoms with Gasteiger partial charge in [0.15, 0.2) is 0 Å². The molecule has 1 aromatic carbocycles. The van der Waals surface area contributed by atoms with E-state index in [0.29, 0.717) is 12.4 Å². The Morgan fingerprint density at radius 3 is 3.00 bits per heavy atom. The quantitative estimate of drug-likeness (QED) is 0.830. The van der Waals surface area contributed by atoms with Gasteiger partial charge in [-0.05, 0) is 23.6 Å². The third-order valence-corrected chi connectivity index (χ3v) is 3.26. The second kappa shape index (κ2) is 3.89. The first-order valence-electron chi connectivity index (χ1n) is 5.82. The van der Waals surface area contributed by atoms with Crippen LogP contribution in [0, 0.1) is 0 Å². The fourth-order valence-corrected chi connectivity index (χ4v) is 2.30. The predicted octanol–water partition coefficient (Wildman–Crippen LogP) is 2.25. The van der Waals surface area contributed by atoms with Crippen molar-refractivity contribution in [3.8, 4) is 11.3 Å². The lowest BCUT2D eigenvalue weighted by Crippen LogP contribution is -1.91. The molecule has 1 aliphatic rings. The number of nitrogen functional groups attached to an aromatic ring is 1. The summed E-state index contributed by atoms with van der Waals surface area (Å²) in [5.74, 6) is 0.597. The maximum Gasteiger partial charge on any atom is 0.149 e. The lowest BCUT2D eigenvalue weighted by Gasteiger charge is -2.04. The molecule has 0 amide bonds. The fourth-order valence-electron chi connectivity index (χ4n) is 2.30. The first-order chi connectivity index (χ1) is 8.29. The Morgan fingerprint density at radius 1 is 1.35 bits per heavy atom. The summed E-state index contributed by atoms with van der Waals surface area (Å²) in [6.45, 7) is 3.51. The van der Waals surface area contributed by atoms with Crippen molar-refractivity contribution in [1.29, 1.82) is 0 Å². The molecule has 0 radical (unpaired) electrons. The van der Waals surface area contributed by atoms with E-state index in [1.165, 1.54) is 11.1 Å². The van der Waals surface area contributed by atoms with Gasteiger partial charge in [-0.25, -0.2) is 0 Å². The number of ether oxygens (including phenoxy) is 1. The Bertz CT molecular complexity index is 560. The van der Waals surface area contributed by atoms with Crippen molar-refractivity contribution in [2.45, 2.75) is 26.6 Å². The molecule has 1 aromatic heterocycles. The van der Waals surface area contributed by atoms with Crippen molar-refractivity contribution in [2.24, 2.45) is 0 Å². The zero-order chi connectivity index (χ0) is 11.8. The highest BCUT2D eigenvalue weighted by molar-refractivity contribution is 5.69. The van der Waals surface area contributed by atoms with Gasteiger partial charge in [0, 0.05) is 11.1 Å². The van der Waals surface area contributed by atoms with E-state index in [-0.39, 0.29) is 0 Å². The highest BCUT2D eigenvalue weighted by Gasteiger charge is 2.15. The molecule has 17 heavy (non-hydrogen) atoms. The minimum atomic E-state index is 0.597. The predicted molar refractivity (Wildman–Crippen MR) is 66.3 cm³/mol. The highest BCUT2D eigenvalue weighted by atomic mass is 16.5. The number of benzene rings is 1. The zero-order valence-electron chi connectivity index (χ0n) is 9.79. The molecule has 88 valence electrons. The Hall–Kier alpha value is -1.81. The maximum atomic E-state index is 5.83. The van der Waals surface area contributed by atoms with Gasteiger partial charge in [-0.3, -0.25) is 5.10 Å². The number of aromatic amines is 1. The second-order valence-electron chi connectivity index (χ2n) is 4.29. The molecule has 2 aromatic rings. The highest BCUT2D eigenvalue weighted by Crippen LogP contribution is 2.29. The number of H-pyrrole nitrogens is 1. The molecule has 0 aliphatic carbocycles. The van der Waals surface area contributed by atoms with E-state index in [9.17, 15) is 0 Å². The summed E-state index contributed by atoms with van der Waals surface area (Å²) in [5.41, 5.74) is 11.6. The van der Waals surface area contributed by atoms with Crippen molar-refractivity contribution in [1.82, 2.24) is 10.2 Å². The molecular weight excluding hydrogens is 214 g/mol. The zero-order valence-corrected chi connectivity index (χ0v) is 9.79. The Kier molecular flexibility index (Phi) is 2.37. The van der Waals surface area contributed by atoms with Crippen LogP contribution in [0.15, 0.2) is 18.2 Å². The summed E-state index contributed by atoms with van der Waals surface area (Å²) in [7, 11) is 0. The summed E-state index contributed by atoms with van der Waals surface area (Å²) >= 11 is 0. The summed E-state index contributed by atoms with van der Waals surface area (Å²) in [6.07, 6.45) is 0.880. The van der Waals surface area contributed by atoms with Gasteiger partial charge < -0.3 is 10.5 Å². The Balaban J connectivity index is 2.09. The van der Waals surface area contributed by atoms with Crippen molar-refractivity contribution >= 4 is 5.82 Å². The topological polar surface area (TPSA) is 63.9 Å². The average Bonchev–Trinajstić information content (AvgIpc) is 2.93.